The number of rotatable bonds is 12. The average molecular weight is 660 g/mol. The molecule has 0 aliphatic heterocycles. The molecule has 44 heavy (non-hydrogen) atoms. The summed E-state index contributed by atoms with van der Waals surface area (Å²) in [6.07, 6.45) is 4.01. The van der Waals surface area contributed by atoms with Crippen LogP contribution in [0.25, 0.3) is 0 Å². The molecule has 0 radical (unpaired) electrons. The molecule has 0 aromatic heterocycles. The SMILES string of the molecule is Cc1ccc(C)c(N(CC(=O)N(Cc2c(Cl)cccc2Cl)C(Cc2ccccc2)C(=O)NC2CCCC2)S(=O)(=O)N(C)C)c1. The maximum Gasteiger partial charge on any atom is 0.304 e. The molecule has 3 aromatic carbocycles. The number of carbonyl (C=O) groups is 2. The Morgan fingerprint density at radius 1 is 0.932 bits per heavy atom. The van der Waals surface area contributed by atoms with Crippen LogP contribution in [0.2, 0.25) is 10.0 Å². The predicted molar refractivity (Wildman–Crippen MR) is 177 cm³/mol. The largest absolute Gasteiger partial charge is 0.352 e. The van der Waals surface area contributed by atoms with E-state index >= 15 is 0 Å². The van der Waals surface area contributed by atoms with Gasteiger partial charge in [-0.05, 0) is 61.6 Å². The molecule has 1 atom stereocenters. The van der Waals surface area contributed by atoms with Gasteiger partial charge in [0, 0.05) is 48.7 Å². The maximum absolute atomic E-state index is 14.5. The fourth-order valence-electron chi connectivity index (χ4n) is 5.47. The van der Waals surface area contributed by atoms with Gasteiger partial charge in [-0.2, -0.15) is 12.7 Å². The zero-order valence-corrected chi connectivity index (χ0v) is 27.9. The van der Waals surface area contributed by atoms with Gasteiger partial charge in [-0.3, -0.25) is 9.59 Å². The van der Waals surface area contributed by atoms with Crippen LogP contribution in [-0.4, -0.2) is 62.2 Å². The Morgan fingerprint density at radius 3 is 2.18 bits per heavy atom. The van der Waals surface area contributed by atoms with Gasteiger partial charge in [-0.25, -0.2) is 4.31 Å². The fourth-order valence-corrected chi connectivity index (χ4v) is 7.10. The molecule has 1 saturated carbocycles. The third-order valence-electron chi connectivity index (χ3n) is 8.01. The molecule has 8 nitrogen and oxygen atoms in total. The van der Waals surface area contributed by atoms with Crippen molar-refractivity contribution in [3.63, 3.8) is 0 Å². The topological polar surface area (TPSA) is 90.0 Å². The van der Waals surface area contributed by atoms with Gasteiger partial charge in [0.2, 0.25) is 11.8 Å². The molecular formula is C33H40Cl2N4O4S. The van der Waals surface area contributed by atoms with E-state index in [9.17, 15) is 18.0 Å². The van der Waals surface area contributed by atoms with E-state index in [1.54, 1.807) is 31.2 Å². The summed E-state index contributed by atoms with van der Waals surface area (Å²) in [7, 11) is -1.26. The zero-order chi connectivity index (χ0) is 32.0. The van der Waals surface area contributed by atoms with E-state index in [-0.39, 0.29) is 24.9 Å². The minimum absolute atomic E-state index is 0.0159. The maximum atomic E-state index is 14.5. The van der Waals surface area contributed by atoms with Gasteiger partial charge in [0.25, 0.3) is 0 Å². The number of halogens is 2. The van der Waals surface area contributed by atoms with Crippen LogP contribution in [0.15, 0.2) is 66.7 Å². The number of aryl methyl sites for hydroxylation is 2. The van der Waals surface area contributed by atoms with Crippen molar-refractivity contribution in [2.45, 2.75) is 64.6 Å². The summed E-state index contributed by atoms with van der Waals surface area (Å²) < 4.78 is 29.6. The second-order valence-corrected chi connectivity index (χ2v) is 14.4. The third-order valence-corrected chi connectivity index (χ3v) is 10.5. The number of amides is 2. The van der Waals surface area contributed by atoms with Crippen LogP contribution in [0.3, 0.4) is 0 Å². The summed E-state index contributed by atoms with van der Waals surface area (Å²) in [5.74, 6) is -0.860. The number of carbonyl (C=O) groups excluding carboxylic acids is 2. The smallest absolute Gasteiger partial charge is 0.304 e. The molecule has 2 amide bonds. The highest BCUT2D eigenvalue weighted by atomic mass is 35.5. The molecule has 4 rings (SSSR count). The van der Waals surface area contributed by atoms with E-state index in [4.69, 9.17) is 23.2 Å². The van der Waals surface area contributed by atoms with Crippen molar-refractivity contribution in [3.8, 4) is 0 Å². The first kappa shape index (κ1) is 33.8. The summed E-state index contributed by atoms with van der Waals surface area (Å²) in [4.78, 5) is 30.0. The summed E-state index contributed by atoms with van der Waals surface area (Å²) in [5.41, 5.74) is 3.25. The van der Waals surface area contributed by atoms with Crippen molar-refractivity contribution >= 4 is 50.9 Å². The molecule has 236 valence electrons. The molecule has 0 saturated heterocycles. The average Bonchev–Trinajstić information content (AvgIpc) is 3.49. The third kappa shape index (κ3) is 8.13. The lowest BCUT2D eigenvalue weighted by molar-refractivity contribution is -0.140. The molecule has 0 bridgehead atoms. The highest BCUT2D eigenvalue weighted by molar-refractivity contribution is 7.90. The second-order valence-electron chi connectivity index (χ2n) is 11.5. The predicted octanol–water partition coefficient (Wildman–Crippen LogP) is 5.92. The van der Waals surface area contributed by atoms with Gasteiger partial charge in [0.15, 0.2) is 0 Å². The van der Waals surface area contributed by atoms with E-state index in [1.807, 2.05) is 49.4 Å². The Morgan fingerprint density at radius 2 is 1.57 bits per heavy atom. The second kappa shape index (κ2) is 14.8. The van der Waals surface area contributed by atoms with Crippen LogP contribution in [-0.2, 0) is 32.8 Å². The molecule has 0 heterocycles. The molecular weight excluding hydrogens is 619 g/mol. The first-order chi connectivity index (χ1) is 20.9. The monoisotopic (exact) mass is 658 g/mol. The zero-order valence-electron chi connectivity index (χ0n) is 25.6. The van der Waals surface area contributed by atoms with Gasteiger partial charge < -0.3 is 10.2 Å². The Labute approximate surface area is 271 Å². The Bertz CT molecular complexity index is 1560. The van der Waals surface area contributed by atoms with E-state index in [0.29, 0.717) is 26.9 Å². The van der Waals surface area contributed by atoms with Crippen molar-refractivity contribution < 1.29 is 18.0 Å². The number of hydrogen-bond donors (Lipinski definition) is 1. The summed E-state index contributed by atoms with van der Waals surface area (Å²) in [6.45, 7) is 3.04. The lowest BCUT2D eigenvalue weighted by atomic mass is 10.0. The number of nitrogens with one attached hydrogen (secondary N) is 1. The Kier molecular flexibility index (Phi) is 11.3. The standard InChI is InChI=1S/C33H40Cl2N4O4S/c1-23-17-18-24(2)30(19-23)39(44(42,43)37(3)4)22-32(40)38(21-27-28(34)15-10-16-29(27)35)31(20-25-11-6-5-7-12-25)33(41)36-26-13-8-9-14-26/h5-7,10-12,15-19,26,31H,8-9,13-14,20-22H2,1-4H3,(H,36,41). The summed E-state index contributed by atoms with van der Waals surface area (Å²) in [5, 5.41) is 3.85. The first-order valence-corrected chi connectivity index (χ1v) is 16.9. The van der Waals surface area contributed by atoms with E-state index < -0.39 is 28.7 Å². The summed E-state index contributed by atoms with van der Waals surface area (Å²) >= 11 is 13.2. The van der Waals surface area contributed by atoms with E-state index in [1.165, 1.54) is 19.0 Å². The van der Waals surface area contributed by atoms with Crippen LogP contribution in [0.4, 0.5) is 5.69 Å². The van der Waals surface area contributed by atoms with Crippen molar-refractivity contribution in [2.24, 2.45) is 0 Å². The van der Waals surface area contributed by atoms with Crippen molar-refractivity contribution in [2.75, 3.05) is 24.9 Å². The quantitative estimate of drug-likeness (QED) is 0.262. The Hall–Kier alpha value is -3.11. The lowest BCUT2D eigenvalue weighted by Crippen LogP contribution is -2.55. The molecule has 0 spiro atoms. The molecule has 1 aliphatic rings. The molecule has 1 aliphatic carbocycles. The normalized spacial score (nSPS) is 14.4. The van der Waals surface area contributed by atoms with Crippen molar-refractivity contribution in [3.05, 3.63) is 99.0 Å². The molecule has 1 N–H and O–H groups in total. The first-order valence-electron chi connectivity index (χ1n) is 14.7. The number of hydrogen-bond acceptors (Lipinski definition) is 4. The van der Waals surface area contributed by atoms with E-state index in [2.05, 4.69) is 5.32 Å². The minimum Gasteiger partial charge on any atom is -0.352 e. The van der Waals surface area contributed by atoms with Gasteiger partial charge in [-0.1, -0.05) is 84.6 Å². The highest BCUT2D eigenvalue weighted by Crippen LogP contribution is 2.30. The Balaban J connectivity index is 1.81. The van der Waals surface area contributed by atoms with Gasteiger partial charge in [-0.15, -0.1) is 0 Å². The van der Waals surface area contributed by atoms with Crippen LogP contribution in [0.1, 0.15) is 47.9 Å². The molecule has 1 fully saturated rings. The van der Waals surface area contributed by atoms with Crippen molar-refractivity contribution in [1.82, 2.24) is 14.5 Å². The van der Waals surface area contributed by atoms with E-state index in [0.717, 1.165) is 45.4 Å². The van der Waals surface area contributed by atoms with Crippen molar-refractivity contribution in [1.29, 1.82) is 0 Å². The summed E-state index contributed by atoms with van der Waals surface area (Å²) in [6, 6.07) is 19.0. The fraction of sp³-hybridized carbons (Fsp3) is 0.394. The van der Waals surface area contributed by atoms with Crippen LogP contribution in [0.5, 0.6) is 0 Å². The number of anilines is 1. The number of benzene rings is 3. The minimum atomic E-state index is -4.11. The molecule has 11 heteroatoms. The highest BCUT2D eigenvalue weighted by Gasteiger charge is 2.36. The van der Waals surface area contributed by atoms with Gasteiger partial charge in [0.05, 0.1) is 5.69 Å². The van der Waals surface area contributed by atoms with Crippen LogP contribution >= 0.6 is 23.2 Å². The number of nitrogens with zero attached hydrogens (tertiary/aromatic N) is 3. The van der Waals surface area contributed by atoms with Crippen LogP contribution in [0, 0.1) is 13.8 Å². The van der Waals surface area contributed by atoms with Crippen LogP contribution < -0.4 is 9.62 Å². The lowest BCUT2D eigenvalue weighted by Gasteiger charge is -2.35. The van der Waals surface area contributed by atoms with Gasteiger partial charge in [0.1, 0.15) is 12.6 Å². The van der Waals surface area contributed by atoms with Gasteiger partial charge >= 0.3 is 10.2 Å². The molecule has 1 unspecified atom stereocenters. The molecule has 3 aromatic rings.